The molecule has 3 rings (SSSR count). The van der Waals surface area contributed by atoms with Crippen molar-refractivity contribution in [1.29, 1.82) is 0 Å². The number of rotatable bonds is 10. The van der Waals surface area contributed by atoms with Crippen LogP contribution in [0.3, 0.4) is 0 Å². The molecule has 0 aromatic heterocycles. The molecule has 0 radical (unpaired) electrons. The second-order valence-corrected chi connectivity index (χ2v) is 8.79. The number of hydrogen-bond acceptors (Lipinski definition) is 4. The van der Waals surface area contributed by atoms with E-state index in [9.17, 15) is 0 Å². The monoisotopic (exact) mass is 416 g/mol. The van der Waals surface area contributed by atoms with Crippen LogP contribution in [-0.2, 0) is 4.74 Å². The maximum Gasteiger partial charge on any atom is 0.191 e. The Balaban J connectivity index is 1.59. The van der Waals surface area contributed by atoms with Gasteiger partial charge in [0.1, 0.15) is 5.75 Å². The zero-order chi connectivity index (χ0) is 21.2. The smallest absolute Gasteiger partial charge is 0.191 e. The second kappa shape index (κ2) is 11.6. The first kappa shape index (κ1) is 22.9. The van der Waals surface area contributed by atoms with Crippen molar-refractivity contribution in [3.8, 4) is 5.75 Å². The van der Waals surface area contributed by atoms with Crippen molar-refractivity contribution < 1.29 is 9.47 Å². The van der Waals surface area contributed by atoms with Crippen molar-refractivity contribution in [3.05, 3.63) is 29.8 Å². The van der Waals surface area contributed by atoms with Crippen molar-refractivity contribution in [2.75, 3.05) is 54.1 Å². The molecule has 1 aliphatic carbocycles. The SMILES string of the molecule is CN=C(NCC(c1ccc(OC)cc1)N1CCCC1)NCC1(CCOC)CCCC1. The molecule has 1 heterocycles. The Morgan fingerprint density at radius 2 is 1.77 bits per heavy atom. The highest BCUT2D eigenvalue weighted by Crippen LogP contribution is 2.40. The standard InChI is InChI=1S/C24H40N4O2/c1-25-23(27-19-24(14-17-29-2)12-4-5-13-24)26-18-22(28-15-6-7-16-28)20-8-10-21(30-3)11-9-20/h8-11,22H,4-7,12-19H2,1-3H3,(H2,25,26,27). The number of benzene rings is 1. The summed E-state index contributed by atoms with van der Waals surface area (Å²) in [4.78, 5) is 7.09. The van der Waals surface area contributed by atoms with Crippen LogP contribution in [0.5, 0.6) is 5.75 Å². The lowest BCUT2D eigenvalue weighted by Crippen LogP contribution is -2.46. The van der Waals surface area contributed by atoms with Crippen molar-refractivity contribution in [1.82, 2.24) is 15.5 Å². The Hall–Kier alpha value is -1.79. The van der Waals surface area contributed by atoms with E-state index in [1.807, 2.05) is 7.05 Å². The Morgan fingerprint density at radius 1 is 1.07 bits per heavy atom. The lowest BCUT2D eigenvalue weighted by molar-refractivity contribution is 0.138. The minimum atomic E-state index is 0.339. The molecular formula is C24H40N4O2. The summed E-state index contributed by atoms with van der Waals surface area (Å²) in [6, 6.07) is 8.84. The molecule has 1 aromatic carbocycles. The third-order valence-electron chi connectivity index (χ3n) is 6.90. The molecule has 0 amide bonds. The molecule has 2 fully saturated rings. The number of methoxy groups -OCH3 is 2. The van der Waals surface area contributed by atoms with Gasteiger partial charge >= 0.3 is 0 Å². The topological polar surface area (TPSA) is 58.1 Å². The van der Waals surface area contributed by atoms with Crippen LogP contribution in [-0.4, -0.2) is 64.9 Å². The van der Waals surface area contributed by atoms with E-state index in [1.165, 1.54) is 44.1 Å². The lowest BCUT2D eigenvalue weighted by atomic mass is 9.83. The van der Waals surface area contributed by atoms with Gasteiger partial charge in [0.25, 0.3) is 0 Å². The minimum absolute atomic E-state index is 0.339. The molecule has 1 atom stereocenters. The highest BCUT2D eigenvalue weighted by molar-refractivity contribution is 5.79. The Bertz CT molecular complexity index is 650. The number of nitrogens with one attached hydrogen (secondary N) is 2. The van der Waals surface area contributed by atoms with E-state index >= 15 is 0 Å². The highest BCUT2D eigenvalue weighted by Gasteiger charge is 2.33. The number of guanidine groups is 1. The maximum absolute atomic E-state index is 5.38. The van der Waals surface area contributed by atoms with Gasteiger partial charge in [0.15, 0.2) is 5.96 Å². The van der Waals surface area contributed by atoms with Crippen molar-refractivity contribution in [2.24, 2.45) is 10.4 Å². The Labute approximate surface area is 182 Å². The average Bonchev–Trinajstić information content (AvgIpc) is 3.48. The Morgan fingerprint density at radius 3 is 2.37 bits per heavy atom. The van der Waals surface area contributed by atoms with Gasteiger partial charge in [-0.3, -0.25) is 9.89 Å². The summed E-state index contributed by atoms with van der Waals surface area (Å²) < 4.78 is 10.7. The summed E-state index contributed by atoms with van der Waals surface area (Å²) in [7, 11) is 5.38. The van der Waals surface area contributed by atoms with E-state index < -0.39 is 0 Å². The summed E-state index contributed by atoms with van der Waals surface area (Å²) in [6.07, 6.45) is 8.89. The van der Waals surface area contributed by atoms with E-state index in [-0.39, 0.29) is 0 Å². The third kappa shape index (κ3) is 6.11. The van der Waals surface area contributed by atoms with Gasteiger partial charge in [-0.05, 0) is 68.3 Å². The first-order chi connectivity index (χ1) is 14.7. The maximum atomic E-state index is 5.38. The van der Waals surface area contributed by atoms with Gasteiger partial charge in [-0.15, -0.1) is 0 Å². The van der Waals surface area contributed by atoms with Crippen LogP contribution in [0.25, 0.3) is 0 Å². The fourth-order valence-electron chi connectivity index (χ4n) is 4.98. The number of hydrogen-bond donors (Lipinski definition) is 2. The molecule has 6 heteroatoms. The summed E-state index contributed by atoms with van der Waals surface area (Å²) in [5.74, 6) is 1.80. The van der Waals surface area contributed by atoms with E-state index in [1.54, 1.807) is 14.2 Å². The minimum Gasteiger partial charge on any atom is -0.497 e. The van der Waals surface area contributed by atoms with Crippen molar-refractivity contribution >= 4 is 5.96 Å². The van der Waals surface area contributed by atoms with Gasteiger partial charge in [0.2, 0.25) is 0 Å². The predicted molar refractivity (Wildman–Crippen MR) is 123 cm³/mol. The lowest BCUT2D eigenvalue weighted by Gasteiger charge is -2.31. The van der Waals surface area contributed by atoms with Crippen LogP contribution >= 0.6 is 0 Å². The number of likely N-dealkylation sites (tertiary alicyclic amines) is 1. The number of ether oxygens (including phenoxy) is 2. The molecule has 2 N–H and O–H groups in total. The molecule has 6 nitrogen and oxygen atoms in total. The average molecular weight is 417 g/mol. The van der Waals surface area contributed by atoms with Gasteiger partial charge in [-0.25, -0.2) is 0 Å². The van der Waals surface area contributed by atoms with Gasteiger partial charge < -0.3 is 20.1 Å². The molecule has 0 bridgehead atoms. The summed E-state index contributed by atoms with van der Waals surface area (Å²) in [5.41, 5.74) is 1.67. The van der Waals surface area contributed by atoms with Crippen LogP contribution < -0.4 is 15.4 Å². The molecule has 168 valence electrons. The normalized spacial score (nSPS) is 20.3. The van der Waals surface area contributed by atoms with Gasteiger partial charge in [-0.2, -0.15) is 0 Å². The first-order valence-electron chi connectivity index (χ1n) is 11.5. The molecular weight excluding hydrogens is 376 g/mol. The largest absolute Gasteiger partial charge is 0.497 e. The van der Waals surface area contributed by atoms with Crippen LogP contribution in [0.1, 0.15) is 56.6 Å². The van der Waals surface area contributed by atoms with Crippen LogP contribution in [0.4, 0.5) is 0 Å². The van der Waals surface area contributed by atoms with Gasteiger partial charge in [0, 0.05) is 33.9 Å². The van der Waals surface area contributed by atoms with E-state index in [2.05, 4.69) is 44.8 Å². The predicted octanol–water partition coefficient (Wildman–Crippen LogP) is 3.59. The third-order valence-corrected chi connectivity index (χ3v) is 6.90. The molecule has 1 saturated heterocycles. The fourth-order valence-corrected chi connectivity index (χ4v) is 4.98. The molecule has 1 aliphatic heterocycles. The molecule has 1 aromatic rings. The van der Waals surface area contributed by atoms with E-state index in [0.29, 0.717) is 11.5 Å². The van der Waals surface area contributed by atoms with E-state index in [4.69, 9.17) is 9.47 Å². The molecule has 1 saturated carbocycles. The summed E-state index contributed by atoms with van der Waals surface area (Å²) >= 11 is 0. The molecule has 2 aliphatic rings. The molecule has 1 unspecified atom stereocenters. The number of aliphatic imine (C=N–C) groups is 1. The quantitative estimate of drug-likeness (QED) is 0.451. The van der Waals surface area contributed by atoms with Crippen LogP contribution in [0, 0.1) is 5.41 Å². The molecule has 0 spiro atoms. The molecule has 30 heavy (non-hydrogen) atoms. The number of nitrogens with zero attached hydrogens (tertiary/aromatic N) is 2. The summed E-state index contributed by atoms with van der Waals surface area (Å²) in [5, 5.41) is 7.23. The highest BCUT2D eigenvalue weighted by atomic mass is 16.5. The first-order valence-corrected chi connectivity index (χ1v) is 11.5. The van der Waals surface area contributed by atoms with Gasteiger partial charge in [0.05, 0.1) is 13.2 Å². The van der Waals surface area contributed by atoms with Gasteiger partial charge in [-0.1, -0.05) is 25.0 Å². The van der Waals surface area contributed by atoms with Crippen LogP contribution in [0.2, 0.25) is 0 Å². The second-order valence-electron chi connectivity index (χ2n) is 8.79. The Kier molecular flexibility index (Phi) is 8.82. The van der Waals surface area contributed by atoms with Crippen LogP contribution in [0.15, 0.2) is 29.3 Å². The zero-order valence-corrected chi connectivity index (χ0v) is 19.1. The fraction of sp³-hybridized carbons (Fsp3) is 0.708. The summed E-state index contributed by atoms with van der Waals surface area (Å²) in [6.45, 7) is 4.96. The van der Waals surface area contributed by atoms with E-state index in [0.717, 1.165) is 50.9 Å². The zero-order valence-electron chi connectivity index (χ0n) is 19.1. The van der Waals surface area contributed by atoms with Crippen molar-refractivity contribution in [3.63, 3.8) is 0 Å². The van der Waals surface area contributed by atoms with Crippen molar-refractivity contribution in [2.45, 2.75) is 51.0 Å².